The first-order chi connectivity index (χ1) is 55.4. The molecule has 3 N–H and O–H groups in total. The van der Waals surface area contributed by atoms with Crippen LogP contribution in [0.1, 0.15) is 147 Å². The summed E-state index contributed by atoms with van der Waals surface area (Å²) in [6, 6.07) is 24.9. The summed E-state index contributed by atoms with van der Waals surface area (Å²) in [5.41, 5.74) is 12.2. The lowest BCUT2D eigenvalue weighted by Gasteiger charge is -2.30. The fourth-order valence-electron chi connectivity index (χ4n) is 17.3. The topological polar surface area (TPSA) is 230 Å². The Bertz CT molecular complexity index is 5280. The SMILES string of the molecule is CCN1CCC(COc2ccc(Nc3cc(-c4cc(C)c5nc6n(c5c4)C(C)(C)CC6)c(F)cn3)nc2)CC1.CCN1CCC(COc2ccc(Nc3ncc(F)c(-c4cc(C)c5nc6n(c5c4)C(C)(C)CC6)n3)nc2)CC1.Cc1cc(-c2nc(Nc3ccc(OC4CCN(C)CC4)cn3)ncc2F)cc2c1nc1n2C(C)(C)CC1. The van der Waals surface area contributed by atoms with Crippen LogP contribution in [0.5, 0.6) is 17.2 Å². The van der Waals surface area contributed by atoms with Gasteiger partial charge < -0.3 is 58.6 Å². The molecule has 0 bridgehead atoms. The van der Waals surface area contributed by atoms with Crippen molar-refractivity contribution in [2.45, 2.75) is 176 Å². The highest BCUT2D eigenvalue weighted by Crippen LogP contribution is 2.43. The highest BCUT2D eigenvalue weighted by Gasteiger charge is 2.36. The Labute approximate surface area is 670 Å². The van der Waals surface area contributed by atoms with Crippen LogP contribution in [0.2, 0.25) is 0 Å². The molecule has 600 valence electrons. The Morgan fingerprint density at radius 2 is 0.800 bits per heavy atom. The minimum absolute atomic E-state index is 0.00708. The molecular formula is C89H105F3N20O3. The van der Waals surface area contributed by atoms with Crippen LogP contribution in [0, 0.1) is 50.1 Å². The second-order valence-corrected chi connectivity index (χ2v) is 33.9. The number of hydrogen-bond donors (Lipinski definition) is 3. The van der Waals surface area contributed by atoms with Crippen molar-refractivity contribution in [3.63, 3.8) is 0 Å². The molecule has 15 heterocycles. The van der Waals surface area contributed by atoms with Gasteiger partial charge in [0.15, 0.2) is 11.6 Å². The van der Waals surface area contributed by atoms with Gasteiger partial charge in [-0.2, -0.15) is 0 Å². The molecule has 0 amide bonds. The number of piperidine rings is 3. The fourth-order valence-corrected chi connectivity index (χ4v) is 17.3. The van der Waals surface area contributed by atoms with Crippen molar-refractivity contribution in [1.82, 2.24) is 83.2 Å². The molecule has 6 aliphatic heterocycles. The van der Waals surface area contributed by atoms with Gasteiger partial charge in [-0.15, -0.1) is 0 Å². The highest BCUT2D eigenvalue weighted by molar-refractivity contribution is 5.89. The van der Waals surface area contributed by atoms with Crippen LogP contribution in [0.15, 0.2) is 116 Å². The predicted octanol–water partition coefficient (Wildman–Crippen LogP) is 17.6. The van der Waals surface area contributed by atoms with Crippen molar-refractivity contribution in [2.75, 3.05) is 88.6 Å². The van der Waals surface area contributed by atoms with Gasteiger partial charge in [-0.3, -0.25) is 0 Å². The maximum Gasteiger partial charge on any atom is 0.229 e. The van der Waals surface area contributed by atoms with Crippen molar-refractivity contribution in [1.29, 1.82) is 0 Å². The number of aromatic nitrogens is 14. The molecule has 0 spiro atoms. The number of benzene rings is 3. The fraction of sp³-hybridized carbons (Fsp3) is 0.449. The van der Waals surface area contributed by atoms with Crippen molar-refractivity contribution in [3.8, 4) is 50.9 Å². The minimum atomic E-state index is -0.473. The van der Waals surface area contributed by atoms with E-state index in [2.05, 4.69) is 153 Å². The molecule has 115 heavy (non-hydrogen) atoms. The summed E-state index contributed by atoms with van der Waals surface area (Å²) in [5.74, 6) is 8.23. The number of ether oxygens (including phenoxy) is 3. The molecule has 26 heteroatoms. The third kappa shape index (κ3) is 16.9. The lowest BCUT2D eigenvalue weighted by atomic mass is 9.98. The number of pyridine rings is 4. The second-order valence-electron chi connectivity index (χ2n) is 33.9. The Morgan fingerprint density at radius 1 is 0.417 bits per heavy atom. The number of aryl methyl sites for hydroxylation is 6. The van der Waals surface area contributed by atoms with Gasteiger partial charge in [0.25, 0.3) is 0 Å². The van der Waals surface area contributed by atoms with Crippen molar-refractivity contribution in [2.24, 2.45) is 11.8 Å². The first-order valence-corrected chi connectivity index (χ1v) is 40.9. The normalized spacial score (nSPS) is 17.6. The second kappa shape index (κ2) is 32.5. The van der Waals surface area contributed by atoms with E-state index in [-0.39, 0.29) is 51.8 Å². The standard InChI is InChI=1S/C31H37FN6O.C30H36FN7O.C28H32FN7O/c1-5-37-12-9-21(10-13-37)19-39-23-6-7-27(33-17-23)35-28-16-24(25(32)18-34-28)22-14-20(2)30-26(15-22)38-29(36-30)8-11-31(38,3)4;1-5-37-12-9-20(10-13-37)18-39-22-6-7-25(32-16-22)34-29-33-17-23(31)28(36-29)21-14-19(2)27-24(15-21)38-26(35-27)8-11-30(38,3)4;1-17-13-18(14-22-25(17)33-24-7-10-28(2,3)36(22)24)26-21(29)16-31-27(34-26)32-23-6-5-20(15-30-23)37-19-8-11-35(4)12-9-19/h6-7,14-18,21H,5,8-13,19H2,1-4H3,(H,33,34,35);6-7,14-17,20H,5,8-13,18H2,1-4H3,(H,32,33,34,36);5-6,13-16,19H,7-12H2,1-4H3,(H,30,31,32,34). The number of nitrogens with zero attached hydrogens (tertiary/aromatic N) is 17. The van der Waals surface area contributed by atoms with Crippen LogP contribution < -0.4 is 30.2 Å². The first-order valence-electron chi connectivity index (χ1n) is 40.9. The Kier molecular flexibility index (Phi) is 22.1. The summed E-state index contributed by atoms with van der Waals surface area (Å²) in [6.45, 7) is 34.2. The summed E-state index contributed by atoms with van der Waals surface area (Å²) < 4.78 is 70.0. The molecule has 0 saturated carbocycles. The molecule has 0 atom stereocenters. The molecule has 3 aromatic carbocycles. The molecule has 0 radical (unpaired) electrons. The molecule has 3 saturated heterocycles. The molecule has 18 rings (SSSR count). The minimum Gasteiger partial charge on any atom is -0.492 e. The third-order valence-corrected chi connectivity index (χ3v) is 24.2. The van der Waals surface area contributed by atoms with E-state index in [1.165, 1.54) is 44.3 Å². The summed E-state index contributed by atoms with van der Waals surface area (Å²) in [4.78, 5) is 57.0. The van der Waals surface area contributed by atoms with Crippen molar-refractivity contribution >= 4 is 68.3 Å². The molecule has 23 nitrogen and oxygen atoms in total. The molecule has 12 aromatic rings. The molecule has 3 fully saturated rings. The van der Waals surface area contributed by atoms with Crippen LogP contribution in [-0.2, 0) is 35.9 Å². The van der Waals surface area contributed by atoms with Crippen molar-refractivity contribution < 1.29 is 27.4 Å². The zero-order valence-corrected chi connectivity index (χ0v) is 68.2. The van der Waals surface area contributed by atoms with Gasteiger partial charge in [-0.05, 0) is 279 Å². The van der Waals surface area contributed by atoms with E-state index in [0.29, 0.717) is 58.4 Å². The monoisotopic (exact) mass is 1560 g/mol. The lowest BCUT2D eigenvalue weighted by Crippen LogP contribution is -2.35. The summed E-state index contributed by atoms with van der Waals surface area (Å²) in [6.07, 6.45) is 21.7. The van der Waals surface area contributed by atoms with Gasteiger partial charge in [-0.1, -0.05) is 13.8 Å². The molecule has 6 aliphatic rings. The van der Waals surface area contributed by atoms with E-state index >= 15 is 8.78 Å². The van der Waals surface area contributed by atoms with Crippen LogP contribution >= 0.6 is 0 Å². The number of likely N-dealkylation sites (tertiary alicyclic amines) is 3. The summed E-state index contributed by atoms with van der Waals surface area (Å²) >= 11 is 0. The summed E-state index contributed by atoms with van der Waals surface area (Å²) in [7, 11) is 2.13. The third-order valence-electron chi connectivity index (χ3n) is 24.2. The van der Waals surface area contributed by atoms with E-state index < -0.39 is 11.6 Å². The first kappa shape index (κ1) is 78.2. The zero-order chi connectivity index (χ0) is 80.0. The van der Waals surface area contributed by atoms with Gasteiger partial charge in [0.05, 0.1) is 83.5 Å². The molecule has 0 unspecified atom stereocenters. The van der Waals surface area contributed by atoms with Gasteiger partial charge >= 0.3 is 0 Å². The number of hydrogen-bond acceptors (Lipinski definition) is 20. The van der Waals surface area contributed by atoms with Crippen LogP contribution in [-0.4, -0.2) is 162 Å². The lowest BCUT2D eigenvalue weighted by molar-refractivity contribution is 0.114. The number of fused-ring (bicyclic) bond motifs is 9. The van der Waals surface area contributed by atoms with Crippen molar-refractivity contribution in [3.05, 3.63) is 168 Å². The maximum atomic E-state index is 15.1. The van der Waals surface area contributed by atoms with Crippen LogP contribution in [0.25, 0.3) is 66.7 Å². The predicted molar refractivity (Wildman–Crippen MR) is 446 cm³/mol. The number of halogens is 3. The average molecular weight is 1560 g/mol. The molecule has 0 aliphatic carbocycles. The number of rotatable bonds is 19. The van der Waals surface area contributed by atoms with Gasteiger partial charge in [-0.25, -0.2) is 68.0 Å². The smallest absolute Gasteiger partial charge is 0.229 e. The number of imidazole rings is 3. The van der Waals surface area contributed by atoms with Gasteiger partial charge in [0, 0.05) is 65.7 Å². The van der Waals surface area contributed by atoms with E-state index in [4.69, 9.17) is 29.2 Å². The van der Waals surface area contributed by atoms with Crippen LogP contribution in [0.3, 0.4) is 0 Å². The number of anilines is 6. The largest absolute Gasteiger partial charge is 0.492 e. The van der Waals surface area contributed by atoms with Gasteiger partial charge in [0.1, 0.15) is 81.3 Å². The molecular weight excluding hydrogens is 1450 g/mol. The summed E-state index contributed by atoms with van der Waals surface area (Å²) in [5, 5.41) is 9.43. The van der Waals surface area contributed by atoms with Crippen LogP contribution in [0.4, 0.5) is 48.3 Å². The van der Waals surface area contributed by atoms with E-state index in [1.54, 1.807) is 24.7 Å². The highest BCUT2D eigenvalue weighted by atomic mass is 19.1. The van der Waals surface area contributed by atoms with Gasteiger partial charge in [0.2, 0.25) is 11.9 Å². The number of nitrogens with one attached hydrogen (secondary N) is 3. The average Bonchev–Trinajstić information content (AvgIpc) is 1.57. The molecule has 9 aromatic heterocycles. The Hall–Kier alpha value is -10.7. The Balaban J connectivity index is 0.000000130. The Morgan fingerprint density at radius 3 is 1.21 bits per heavy atom. The zero-order valence-electron chi connectivity index (χ0n) is 68.2. The van der Waals surface area contributed by atoms with E-state index in [1.807, 2.05) is 87.5 Å². The van der Waals surface area contributed by atoms with E-state index in [0.717, 1.165) is 200 Å². The maximum absolute atomic E-state index is 15.1. The van der Waals surface area contributed by atoms with E-state index in [9.17, 15) is 4.39 Å². The quantitative estimate of drug-likeness (QED) is 0.0683.